The Balaban J connectivity index is 2.49. The normalized spacial score (nSPS) is 18.4. The third-order valence-electron chi connectivity index (χ3n) is 2.39. The van der Waals surface area contributed by atoms with E-state index in [2.05, 4.69) is 5.32 Å². The highest BCUT2D eigenvalue weighted by molar-refractivity contribution is 5.91. The first-order valence-corrected chi connectivity index (χ1v) is 5.52. The Labute approximate surface area is 95.7 Å². The molecule has 4 heteroatoms. The van der Waals surface area contributed by atoms with Gasteiger partial charge < -0.3 is 10.4 Å². The van der Waals surface area contributed by atoms with Crippen molar-refractivity contribution in [2.45, 2.75) is 39.7 Å². The summed E-state index contributed by atoms with van der Waals surface area (Å²) in [7, 11) is 0. The summed E-state index contributed by atoms with van der Waals surface area (Å²) in [6.07, 6.45) is 4.97. The molecule has 0 spiro atoms. The number of allylic oxidation sites excluding steroid dienone is 1. The second kappa shape index (κ2) is 4.68. The highest BCUT2D eigenvalue weighted by Crippen LogP contribution is 2.32. The fourth-order valence-electron chi connectivity index (χ4n) is 1.34. The Morgan fingerprint density at radius 3 is 2.31 bits per heavy atom. The third-order valence-corrected chi connectivity index (χ3v) is 2.39. The zero-order valence-electron chi connectivity index (χ0n) is 9.99. The summed E-state index contributed by atoms with van der Waals surface area (Å²) in [6, 6.07) is -0.725. The van der Waals surface area contributed by atoms with Crippen LogP contribution in [0.25, 0.3) is 0 Å². The number of hydrogen-bond acceptors (Lipinski definition) is 2. The molecule has 1 rings (SSSR count). The molecule has 1 saturated carbocycles. The molecule has 0 aromatic rings. The summed E-state index contributed by atoms with van der Waals surface area (Å²) < 4.78 is 0. The molecule has 0 aromatic heterocycles. The van der Waals surface area contributed by atoms with Crippen molar-refractivity contribution in [1.29, 1.82) is 0 Å². The van der Waals surface area contributed by atoms with Crippen LogP contribution in [0.15, 0.2) is 12.2 Å². The van der Waals surface area contributed by atoms with E-state index < -0.39 is 12.0 Å². The largest absolute Gasteiger partial charge is 0.480 e. The highest BCUT2D eigenvalue weighted by atomic mass is 16.4. The molecular formula is C12H19NO3. The molecule has 0 radical (unpaired) electrons. The molecule has 2 N–H and O–H groups in total. The van der Waals surface area contributed by atoms with Crippen LogP contribution in [0.3, 0.4) is 0 Å². The van der Waals surface area contributed by atoms with Gasteiger partial charge in [-0.2, -0.15) is 0 Å². The first-order chi connectivity index (χ1) is 7.29. The van der Waals surface area contributed by atoms with Crippen LogP contribution in [0.1, 0.15) is 33.6 Å². The van der Waals surface area contributed by atoms with E-state index in [0.717, 1.165) is 12.8 Å². The standard InChI is InChI=1S/C12H19NO3/c1-12(2,3)7-6-9(14)13-10(11(15)16)8-4-5-8/h6-8,10H,4-5H2,1-3H3,(H,13,14)(H,15,16)/b7-6+. The topological polar surface area (TPSA) is 66.4 Å². The lowest BCUT2D eigenvalue weighted by atomic mass is 9.96. The van der Waals surface area contributed by atoms with Crippen molar-refractivity contribution in [2.24, 2.45) is 11.3 Å². The molecule has 0 aromatic carbocycles. The second-order valence-corrected chi connectivity index (χ2v) is 5.36. The van der Waals surface area contributed by atoms with Gasteiger partial charge >= 0.3 is 5.97 Å². The van der Waals surface area contributed by atoms with Gasteiger partial charge in [0.05, 0.1) is 0 Å². The molecule has 1 unspecified atom stereocenters. The predicted octanol–water partition coefficient (Wildman–Crippen LogP) is 1.57. The van der Waals surface area contributed by atoms with Crippen LogP contribution in [0.2, 0.25) is 0 Å². The number of aliphatic carboxylic acids is 1. The molecule has 0 aliphatic heterocycles. The molecule has 1 aliphatic rings. The molecule has 1 fully saturated rings. The van der Waals surface area contributed by atoms with Gasteiger partial charge in [0.25, 0.3) is 0 Å². The summed E-state index contributed by atoms with van der Waals surface area (Å²) in [5.41, 5.74) is -0.0738. The number of carbonyl (C=O) groups excluding carboxylic acids is 1. The van der Waals surface area contributed by atoms with Gasteiger partial charge in [0.15, 0.2) is 0 Å². The van der Waals surface area contributed by atoms with Gasteiger partial charge in [-0.1, -0.05) is 26.8 Å². The average molecular weight is 225 g/mol. The average Bonchev–Trinajstić information content (AvgIpc) is 2.92. The minimum absolute atomic E-state index is 0.0738. The number of amides is 1. The highest BCUT2D eigenvalue weighted by Gasteiger charge is 2.36. The van der Waals surface area contributed by atoms with E-state index >= 15 is 0 Å². The fraction of sp³-hybridized carbons (Fsp3) is 0.667. The van der Waals surface area contributed by atoms with Gasteiger partial charge in [-0.25, -0.2) is 4.79 Å². The van der Waals surface area contributed by atoms with Gasteiger partial charge in [-0.15, -0.1) is 0 Å². The molecule has 4 nitrogen and oxygen atoms in total. The lowest BCUT2D eigenvalue weighted by Gasteiger charge is -2.13. The van der Waals surface area contributed by atoms with Gasteiger partial charge in [-0.3, -0.25) is 4.79 Å². The van der Waals surface area contributed by atoms with Crippen molar-refractivity contribution in [3.63, 3.8) is 0 Å². The van der Waals surface area contributed by atoms with Gasteiger partial charge in [0, 0.05) is 0 Å². The summed E-state index contributed by atoms with van der Waals surface area (Å²) in [4.78, 5) is 22.4. The number of carboxylic acid groups (broad SMARTS) is 1. The number of hydrogen-bond donors (Lipinski definition) is 2. The number of carboxylic acids is 1. The molecule has 1 aliphatic carbocycles. The Bertz CT molecular complexity index is 311. The third kappa shape index (κ3) is 4.47. The van der Waals surface area contributed by atoms with Gasteiger partial charge in [0.2, 0.25) is 5.91 Å². The van der Waals surface area contributed by atoms with Crippen molar-refractivity contribution in [2.75, 3.05) is 0 Å². The first-order valence-electron chi connectivity index (χ1n) is 5.52. The van der Waals surface area contributed by atoms with Crippen molar-refractivity contribution in [3.8, 4) is 0 Å². The Morgan fingerprint density at radius 2 is 1.94 bits per heavy atom. The predicted molar refractivity (Wildman–Crippen MR) is 60.9 cm³/mol. The maximum atomic E-state index is 11.5. The van der Waals surface area contributed by atoms with Gasteiger partial charge in [0.1, 0.15) is 6.04 Å². The van der Waals surface area contributed by atoms with E-state index in [-0.39, 0.29) is 17.2 Å². The van der Waals surface area contributed by atoms with Crippen LogP contribution in [0, 0.1) is 11.3 Å². The zero-order chi connectivity index (χ0) is 12.3. The molecule has 0 saturated heterocycles. The Hall–Kier alpha value is -1.32. The summed E-state index contributed by atoms with van der Waals surface area (Å²) in [5, 5.41) is 11.4. The smallest absolute Gasteiger partial charge is 0.326 e. The molecule has 1 atom stereocenters. The van der Waals surface area contributed by atoms with Crippen LogP contribution >= 0.6 is 0 Å². The van der Waals surface area contributed by atoms with Gasteiger partial charge in [-0.05, 0) is 30.3 Å². The summed E-state index contributed by atoms with van der Waals surface area (Å²) in [6.45, 7) is 5.94. The van der Waals surface area contributed by atoms with Crippen LogP contribution in [0.4, 0.5) is 0 Å². The maximum Gasteiger partial charge on any atom is 0.326 e. The fourth-order valence-corrected chi connectivity index (χ4v) is 1.34. The van der Waals surface area contributed by atoms with E-state index in [1.807, 2.05) is 20.8 Å². The number of carbonyl (C=O) groups is 2. The molecule has 1 amide bonds. The van der Waals surface area contributed by atoms with E-state index in [0.29, 0.717) is 0 Å². The van der Waals surface area contributed by atoms with Crippen molar-refractivity contribution in [1.82, 2.24) is 5.32 Å². The molecule has 0 bridgehead atoms. The number of rotatable bonds is 4. The summed E-state index contributed by atoms with van der Waals surface area (Å²) in [5.74, 6) is -1.15. The van der Waals surface area contributed by atoms with Crippen LogP contribution < -0.4 is 5.32 Å². The Kier molecular flexibility index (Phi) is 3.73. The Morgan fingerprint density at radius 1 is 1.38 bits per heavy atom. The minimum atomic E-state index is -0.944. The van der Waals surface area contributed by atoms with E-state index in [1.54, 1.807) is 6.08 Å². The van der Waals surface area contributed by atoms with Crippen molar-refractivity contribution >= 4 is 11.9 Å². The maximum absolute atomic E-state index is 11.5. The molecule has 90 valence electrons. The van der Waals surface area contributed by atoms with Crippen molar-refractivity contribution in [3.05, 3.63) is 12.2 Å². The second-order valence-electron chi connectivity index (χ2n) is 5.36. The summed E-state index contributed by atoms with van der Waals surface area (Å²) >= 11 is 0. The van der Waals surface area contributed by atoms with Crippen LogP contribution in [-0.2, 0) is 9.59 Å². The number of nitrogens with one attached hydrogen (secondary N) is 1. The quantitative estimate of drug-likeness (QED) is 0.714. The lowest BCUT2D eigenvalue weighted by Crippen LogP contribution is -2.41. The van der Waals surface area contributed by atoms with E-state index in [4.69, 9.17) is 5.11 Å². The van der Waals surface area contributed by atoms with E-state index in [9.17, 15) is 9.59 Å². The SMILES string of the molecule is CC(C)(C)/C=C/C(=O)NC(C(=O)O)C1CC1. The van der Waals surface area contributed by atoms with Crippen LogP contribution in [0.5, 0.6) is 0 Å². The molecule has 0 heterocycles. The lowest BCUT2D eigenvalue weighted by molar-refractivity contribution is -0.141. The minimum Gasteiger partial charge on any atom is -0.480 e. The zero-order valence-corrected chi connectivity index (χ0v) is 9.99. The van der Waals surface area contributed by atoms with E-state index in [1.165, 1.54) is 6.08 Å². The first kappa shape index (κ1) is 12.7. The molecular weight excluding hydrogens is 206 g/mol. The van der Waals surface area contributed by atoms with Crippen molar-refractivity contribution < 1.29 is 14.7 Å². The van der Waals surface area contributed by atoms with Crippen LogP contribution in [-0.4, -0.2) is 23.0 Å². The monoisotopic (exact) mass is 225 g/mol. The molecule has 16 heavy (non-hydrogen) atoms.